The summed E-state index contributed by atoms with van der Waals surface area (Å²) in [6, 6.07) is 0. The zero-order chi connectivity index (χ0) is 15.1. The van der Waals surface area contributed by atoms with Gasteiger partial charge in [0.05, 0.1) is 0 Å². The zero-order valence-electron chi connectivity index (χ0n) is 11.4. The molecule has 0 saturated carbocycles. The first-order chi connectivity index (χ1) is 8.67. The molecule has 0 bridgehead atoms. The third kappa shape index (κ3) is 6.00. The maximum absolute atomic E-state index is 12.4. The predicted octanol–water partition coefficient (Wildman–Crippen LogP) is 3.76. The van der Waals surface area contributed by atoms with Gasteiger partial charge in [0, 0.05) is 0 Å². The molecule has 0 atom stereocenters. The average Bonchev–Trinajstić information content (AvgIpc) is 2.30. The van der Waals surface area contributed by atoms with Gasteiger partial charge in [-0.1, -0.05) is 25.3 Å². The van der Waals surface area contributed by atoms with Crippen LogP contribution < -0.4 is 0 Å². The Morgan fingerprint density at radius 1 is 1.05 bits per heavy atom. The van der Waals surface area contributed by atoms with Crippen molar-refractivity contribution < 1.29 is 27.8 Å². The predicted molar refractivity (Wildman–Crippen MR) is 75.1 cm³/mol. The molecule has 0 aromatic carbocycles. The van der Waals surface area contributed by atoms with Crippen molar-refractivity contribution in [1.29, 1.82) is 0 Å². The van der Waals surface area contributed by atoms with Crippen LogP contribution in [0, 0.1) is 0 Å². The van der Waals surface area contributed by atoms with Crippen LogP contribution in [0.3, 0.4) is 0 Å². The van der Waals surface area contributed by atoms with Crippen molar-refractivity contribution in [2.45, 2.75) is 19.6 Å². The van der Waals surface area contributed by atoms with Crippen LogP contribution in [0.15, 0.2) is 25.3 Å². The average molecular weight is 306 g/mol. The summed E-state index contributed by atoms with van der Waals surface area (Å²) in [7, 11) is -6.75. The van der Waals surface area contributed by atoms with E-state index in [0.717, 1.165) is 0 Å². The van der Waals surface area contributed by atoms with E-state index in [0.29, 0.717) is 0 Å². The van der Waals surface area contributed by atoms with Gasteiger partial charge in [0.25, 0.3) is 0 Å². The van der Waals surface area contributed by atoms with E-state index in [-0.39, 0.29) is 13.2 Å². The molecule has 8 heteroatoms. The number of carbonyl (C=O) groups is 2. The van der Waals surface area contributed by atoms with Crippen LogP contribution >= 0.6 is 7.37 Å². The molecule has 6 nitrogen and oxygen atoms in total. The number of carbonyl (C=O) groups excluding carboxylic acids is 2. The molecular weight excluding hydrogens is 287 g/mol. The van der Waals surface area contributed by atoms with Crippen molar-refractivity contribution >= 4 is 27.1 Å². The Bertz CT molecular complexity index is 384. The van der Waals surface area contributed by atoms with Gasteiger partial charge in [-0.05, 0) is 19.6 Å². The SMILES string of the molecule is C=CCOC(=O)P(=O)(O[Si](C)(C)C)C(=O)OCC=C. The van der Waals surface area contributed by atoms with Gasteiger partial charge in [-0.2, -0.15) is 0 Å². The first-order valence-electron chi connectivity index (χ1n) is 5.54. The second-order valence-corrected chi connectivity index (χ2v) is 11.3. The standard InChI is InChI=1S/C11H19O6PSi/c1-6-8-15-10(12)18(14,17-19(3,4)5)11(13)16-9-7-2/h6-7H,1-2,8-9H2,3-5H3. The molecule has 0 aromatic heterocycles. The van der Waals surface area contributed by atoms with Crippen molar-refractivity contribution in [3.8, 4) is 0 Å². The summed E-state index contributed by atoms with van der Waals surface area (Å²) in [6.07, 6.45) is 2.59. The third-order valence-corrected chi connectivity index (χ3v) is 5.97. The lowest BCUT2D eigenvalue weighted by Crippen LogP contribution is -2.28. The van der Waals surface area contributed by atoms with E-state index in [1.807, 2.05) is 0 Å². The fourth-order valence-electron chi connectivity index (χ4n) is 0.965. The van der Waals surface area contributed by atoms with Crippen molar-refractivity contribution in [2.75, 3.05) is 13.2 Å². The Morgan fingerprint density at radius 2 is 1.42 bits per heavy atom. The maximum atomic E-state index is 12.4. The topological polar surface area (TPSA) is 78.9 Å². The fraction of sp³-hybridized carbons (Fsp3) is 0.455. The molecule has 0 aliphatic rings. The van der Waals surface area contributed by atoms with E-state index in [2.05, 4.69) is 22.6 Å². The summed E-state index contributed by atoms with van der Waals surface area (Å²) in [4.78, 5) is 23.5. The minimum absolute atomic E-state index is 0.160. The van der Waals surface area contributed by atoms with Crippen LogP contribution in [0.1, 0.15) is 0 Å². The molecule has 0 rings (SSSR count). The van der Waals surface area contributed by atoms with Crippen molar-refractivity contribution in [1.82, 2.24) is 0 Å². The minimum Gasteiger partial charge on any atom is -0.454 e. The van der Waals surface area contributed by atoms with E-state index in [1.54, 1.807) is 19.6 Å². The molecule has 0 unspecified atom stereocenters. The molecule has 0 fully saturated rings. The highest BCUT2D eigenvalue weighted by Crippen LogP contribution is 2.53. The minimum atomic E-state index is -4.34. The first-order valence-corrected chi connectivity index (χ1v) is 10.6. The van der Waals surface area contributed by atoms with Crippen LogP contribution in [0.25, 0.3) is 0 Å². The zero-order valence-corrected chi connectivity index (χ0v) is 13.3. The van der Waals surface area contributed by atoms with E-state index in [1.165, 1.54) is 12.2 Å². The monoisotopic (exact) mass is 306 g/mol. The van der Waals surface area contributed by atoms with Crippen LogP contribution in [-0.4, -0.2) is 33.0 Å². The second kappa shape index (κ2) is 7.42. The lowest BCUT2D eigenvalue weighted by Gasteiger charge is -2.23. The molecule has 0 aliphatic heterocycles. The molecule has 0 heterocycles. The molecule has 0 amide bonds. The lowest BCUT2D eigenvalue weighted by atomic mass is 10.7. The molecule has 0 N–H and O–H groups in total. The summed E-state index contributed by atoms with van der Waals surface area (Å²) in [5.41, 5.74) is -2.44. The van der Waals surface area contributed by atoms with E-state index < -0.39 is 27.1 Å². The highest BCUT2D eigenvalue weighted by Gasteiger charge is 2.48. The largest absolute Gasteiger partial charge is 0.454 e. The smallest absolute Gasteiger partial charge is 0.404 e. The number of hydrogen-bond acceptors (Lipinski definition) is 6. The number of hydrogen-bond donors (Lipinski definition) is 0. The van der Waals surface area contributed by atoms with Crippen LogP contribution in [-0.2, 0) is 18.3 Å². The highest BCUT2D eigenvalue weighted by atomic mass is 31.2. The van der Waals surface area contributed by atoms with Crippen LogP contribution in [0.4, 0.5) is 9.59 Å². The highest BCUT2D eigenvalue weighted by molar-refractivity contribution is 7.90. The van der Waals surface area contributed by atoms with Crippen LogP contribution in [0.5, 0.6) is 0 Å². The van der Waals surface area contributed by atoms with Gasteiger partial charge in [0.1, 0.15) is 13.2 Å². The van der Waals surface area contributed by atoms with Gasteiger partial charge in [-0.25, -0.2) is 9.59 Å². The lowest BCUT2D eigenvalue weighted by molar-refractivity contribution is 0.170. The summed E-state index contributed by atoms with van der Waals surface area (Å²) >= 11 is 0. The number of ether oxygens (including phenoxy) is 2. The van der Waals surface area contributed by atoms with Gasteiger partial charge in [0.15, 0.2) is 8.32 Å². The van der Waals surface area contributed by atoms with Gasteiger partial charge in [-0.15, -0.1) is 0 Å². The van der Waals surface area contributed by atoms with Crippen LogP contribution in [0.2, 0.25) is 19.6 Å². The molecule has 0 spiro atoms. The normalized spacial score (nSPS) is 11.5. The fourth-order valence-corrected chi connectivity index (χ4v) is 5.28. The Hall–Kier alpha value is -1.17. The quantitative estimate of drug-likeness (QED) is 0.386. The van der Waals surface area contributed by atoms with Gasteiger partial charge in [0.2, 0.25) is 0 Å². The van der Waals surface area contributed by atoms with E-state index in [9.17, 15) is 14.2 Å². The van der Waals surface area contributed by atoms with Crippen molar-refractivity contribution in [3.05, 3.63) is 25.3 Å². The summed E-state index contributed by atoms with van der Waals surface area (Å²) in [5.74, 6) is 0. The Morgan fingerprint density at radius 3 is 1.68 bits per heavy atom. The third-order valence-electron chi connectivity index (χ3n) is 1.53. The first kappa shape index (κ1) is 17.8. The molecule has 108 valence electrons. The molecular formula is C11H19O6PSi. The van der Waals surface area contributed by atoms with Crippen molar-refractivity contribution in [3.63, 3.8) is 0 Å². The molecule has 0 aliphatic carbocycles. The van der Waals surface area contributed by atoms with Gasteiger partial charge in [-0.3, -0.25) is 4.57 Å². The molecule has 0 saturated heterocycles. The summed E-state index contributed by atoms with van der Waals surface area (Å²) < 4.78 is 27.0. The summed E-state index contributed by atoms with van der Waals surface area (Å²) in [5, 5.41) is 0. The maximum Gasteiger partial charge on any atom is 0.404 e. The Kier molecular flexibility index (Phi) is 6.97. The number of rotatable bonds is 8. The Labute approximate surface area is 114 Å². The van der Waals surface area contributed by atoms with E-state index in [4.69, 9.17) is 4.21 Å². The molecule has 19 heavy (non-hydrogen) atoms. The Balaban J connectivity index is 5.16. The second-order valence-electron chi connectivity index (χ2n) is 4.49. The molecule has 0 aromatic rings. The van der Waals surface area contributed by atoms with Gasteiger partial charge >= 0.3 is 18.8 Å². The molecule has 0 radical (unpaired) electrons. The summed E-state index contributed by atoms with van der Waals surface area (Å²) in [6.45, 7) is 11.5. The van der Waals surface area contributed by atoms with Crippen molar-refractivity contribution in [2.24, 2.45) is 0 Å². The van der Waals surface area contributed by atoms with E-state index >= 15 is 0 Å². The van der Waals surface area contributed by atoms with Gasteiger partial charge < -0.3 is 13.7 Å².